The molecule has 3 heteroatoms. The summed E-state index contributed by atoms with van der Waals surface area (Å²) in [6.45, 7) is 3.67. The van der Waals surface area contributed by atoms with Gasteiger partial charge in [0.15, 0.2) is 5.78 Å². The number of ether oxygens (including phenoxy) is 2. The van der Waals surface area contributed by atoms with Crippen LogP contribution in [-0.4, -0.2) is 31.7 Å². The molecule has 12 heavy (non-hydrogen) atoms. The van der Waals surface area contributed by atoms with E-state index in [4.69, 9.17) is 9.47 Å². The molecule has 0 aliphatic carbocycles. The number of hydrogen-bond acceptors (Lipinski definition) is 3. The fourth-order valence-electron chi connectivity index (χ4n) is 1.16. The predicted octanol–water partition coefficient (Wildman–Crippen LogP) is 1.16. The molecular weight excluding hydrogens is 156 g/mol. The standard InChI is InChI=1S/C9H16O3/c1-2-8(10)7-12-9-3-5-11-6-4-9/h9H,2-7H2,1H3. The Morgan fingerprint density at radius 2 is 2.17 bits per heavy atom. The van der Waals surface area contributed by atoms with Gasteiger partial charge in [0.05, 0.1) is 6.10 Å². The van der Waals surface area contributed by atoms with Crippen molar-refractivity contribution in [1.29, 1.82) is 0 Å². The Morgan fingerprint density at radius 1 is 1.50 bits per heavy atom. The topological polar surface area (TPSA) is 35.5 Å². The van der Waals surface area contributed by atoms with Crippen molar-refractivity contribution in [3.05, 3.63) is 0 Å². The maximum atomic E-state index is 10.9. The van der Waals surface area contributed by atoms with Crippen LogP contribution in [0.15, 0.2) is 0 Å². The van der Waals surface area contributed by atoms with E-state index in [0.717, 1.165) is 26.1 Å². The fourth-order valence-corrected chi connectivity index (χ4v) is 1.16. The van der Waals surface area contributed by atoms with Gasteiger partial charge in [-0.05, 0) is 12.8 Å². The molecule has 1 aliphatic rings. The second-order valence-electron chi connectivity index (χ2n) is 3.01. The van der Waals surface area contributed by atoms with Gasteiger partial charge in [0.1, 0.15) is 6.61 Å². The van der Waals surface area contributed by atoms with Gasteiger partial charge in [0.2, 0.25) is 0 Å². The highest BCUT2D eigenvalue weighted by Crippen LogP contribution is 2.10. The van der Waals surface area contributed by atoms with Crippen molar-refractivity contribution in [2.24, 2.45) is 0 Å². The number of rotatable bonds is 4. The molecule has 70 valence electrons. The second kappa shape index (κ2) is 5.27. The highest BCUT2D eigenvalue weighted by atomic mass is 16.5. The van der Waals surface area contributed by atoms with Gasteiger partial charge in [-0.25, -0.2) is 0 Å². The average molecular weight is 172 g/mol. The monoisotopic (exact) mass is 172 g/mol. The van der Waals surface area contributed by atoms with E-state index in [1.54, 1.807) is 0 Å². The summed E-state index contributed by atoms with van der Waals surface area (Å²) in [5.74, 6) is 0.182. The van der Waals surface area contributed by atoms with E-state index in [9.17, 15) is 4.79 Å². The van der Waals surface area contributed by atoms with Crippen molar-refractivity contribution in [2.45, 2.75) is 32.3 Å². The molecule has 1 rings (SSSR count). The molecule has 1 fully saturated rings. The minimum absolute atomic E-state index is 0.182. The maximum absolute atomic E-state index is 10.9. The van der Waals surface area contributed by atoms with Crippen LogP contribution >= 0.6 is 0 Å². The van der Waals surface area contributed by atoms with Crippen LogP contribution in [0.3, 0.4) is 0 Å². The van der Waals surface area contributed by atoms with Crippen LogP contribution in [-0.2, 0) is 14.3 Å². The van der Waals surface area contributed by atoms with Crippen molar-refractivity contribution in [1.82, 2.24) is 0 Å². The van der Waals surface area contributed by atoms with Crippen LogP contribution in [0.25, 0.3) is 0 Å². The van der Waals surface area contributed by atoms with Crippen molar-refractivity contribution >= 4 is 5.78 Å². The second-order valence-corrected chi connectivity index (χ2v) is 3.01. The normalized spacial score (nSPS) is 19.4. The summed E-state index contributed by atoms with van der Waals surface area (Å²) in [4.78, 5) is 10.9. The molecular formula is C9H16O3. The SMILES string of the molecule is CCC(=O)COC1CCOCC1. The third kappa shape index (κ3) is 3.32. The minimum atomic E-state index is 0.182. The van der Waals surface area contributed by atoms with Crippen molar-refractivity contribution in [3.63, 3.8) is 0 Å². The van der Waals surface area contributed by atoms with Gasteiger partial charge in [-0.2, -0.15) is 0 Å². The van der Waals surface area contributed by atoms with Gasteiger partial charge >= 0.3 is 0 Å². The number of carbonyl (C=O) groups excluding carboxylic acids is 1. The average Bonchev–Trinajstić information content (AvgIpc) is 2.16. The zero-order chi connectivity index (χ0) is 8.81. The molecule has 1 heterocycles. The van der Waals surface area contributed by atoms with Gasteiger partial charge in [-0.1, -0.05) is 6.92 Å². The largest absolute Gasteiger partial charge is 0.381 e. The lowest BCUT2D eigenvalue weighted by Crippen LogP contribution is -2.25. The summed E-state index contributed by atoms with van der Waals surface area (Å²) in [5, 5.41) is 0. The van der Waals surface area contributed by atoms with Gasteiger partial charge in [-0.15, -0.1) is 0 Å². The van der Waals surface area contributed by atoms with E-state index >= 15 is 0 Å². The first-order chi connectivity index (χ1) is 5.83. The third-order valence-corrected chi connectivity index (χ3v) is 2.04. The Hall–Kier alpha value is -0.410. The smallest absolute Gasteiger partial charge is 0.158 e. The molecule has 1 saturated heterocycles. The molecule has 0 amide bonds. The minimum Gasteiger partial charge on any atom is -0.381 e. The molecule has 0 spiro atoms. The van der Waals surface area contributed by atoms with Crippen LogP contribution in [0.2, 0.25) is 0 Å². The third-order valence-electron chi connectivity index (χ3n) is 2.04. The van der Waals surface area contributed by atoms with Crippen molar-refractivity contribution in [2.75, 3.05) is 19.8 Å². The molecule has 0 saturated carbocycles. The molecule has 0 aromatic rings. The summed E-state index contributed by atoms with van der Waals surface area (Å²) < 4.78 is 10.6. The maximum Gasteiger partial charge on any atom is 0.158 e. The van der Waals surface area contributed by atoms with Crippen molar-refractivity contribution < 1.29 is 14.3 Å². The molecule has 0 bridgehead atoms. The number of carbonyl (C=O) groups is 1. The summed E-state index contributed by atoms with van der Waals surface area (Å²) in [7, 11) is 0. The Morgan fingerprint density at radius 3 is 2.75 bits per heavy atom. The molecule has 0 unspecified atom stereocenters. The van der Waals surface area contributed by atoms with E-state index in [2.05, 4.69) is 0 Å². The Labute approximate surface area is 73.0 Å². The molecule has 1 aliphatic heterocycles. The Bertz CT molecular complexity index is 139. The summed E-state index contributed by atoms with van der Waals surface area (Å²) in [6.07, 6.45) is 2.67. The fraction of sp³-hybridized carbons (Fsp3) is 0.889. The van der Waals surface area contributed by atoms with E-state index in [0.29, 0.717) is 6.42 Å². The van der Waals surface area contributed by atoms with Gasteiger partial charge in [-0.3, -0.25) is 4.79 Å². The van der Waals surface area contributed by atoms with Crippen LogP contribution in [0, 0.1) is 0 Å². The summed E-state index contributed by atoms with van der Waals surface area (Å²) in [6, 6.07) is 0. The molecule has 3 nitrogen and oxygen atoms in total. The lowest BCUT2D eigenvalue weighted by atomic mass is 10.1. The first kappa shape index (κ1) is 9.68. The van der Waals surface area contributed by atoms with Crippen LogP contribution in [0.1, 0.15) is 26.2 Å². The quantitative estimate of drug-likeness (QED) is 0.638. The van der Waals surface area contributed by atoms with Crippen LogP contribution in [0.5, 0.6) is 0 Å². The van der Waals surface area contributed by atoms with Crippen molar-refractivity contribution in [3.8, 4) is 0 Å². The van der Waals surface area contributed by atoms with Gasteiger partial charge in [0.25, 0.3) is 0 Å². The molecule has 0 radical (unpaired) electrons. The highest BCUT2D eigenvalue weighted by Gasteiger charge is 2.14. The van der Waals surface area contributed by atoms with E-state index in [1.165, 1.54) is 0 Å². The molecule has 0 aromatic heterocycles. The first-order valence-corrected chi connectivity index (χ1v) is 4.54. The molecule has 0 N–H and O–H groups in total. The Kier molecular flexibility index (Phi) is 4.25. The predicted molar refractivity (Wildman–Crippen MR) is 45.1 cm³/mol. The summed E-state index contributed by atoms with van der Waals surface area (Å²) in [5.41, 5.74) is 0. The van der Waals surface area contributed by atoms with Gasteiger partial charge in [0, 0.05) is 19.6 Å². The zero-order valence-corrected chi connectivity index (χ0v) is 7.54. The lowest BCUT2D eigenvalue weighted by Gasteiger charge is -2.21. The van der Waals surface area contributed by atoms with E-state index in [1.807, 2.05) is 6.92 Å². The number of ketones is 1. The van der Waals surface area contributed by atoms with Crippen LogP contribution < -0.4 is 0 Å². The summed E-state index contributed by atoms with van der Waals surface area (Å²) >= 11 is 0. The molecule has 0 aromatic carbocycles. The van der Waals surface area contributed by atoms with Gasteiger partial charge < -0.3 is 9.47 Å². The number of Topliss-reactive ketones (excluding diaryl/α,β-unsaturated/α-hetero) is 1. The van der Waals surface area contributed by atoms with E-state index < -0.39 is 0 Å². The van der Waals surface area contributed by atoms with E-state index in [-0.39, 0.29) is 18.5 Å². The number of hydrogen-bond donors (Lipinski definition) is 0. The first-order valence-electron chi connectivity index (χ1n) is 4.54. The highest BCUT2D eigenvalue weighted by molar-refractivity contribution is 5.79. The zero-order valence-electron chi connectivity index (χ0n) is 7.54. The Balaban J connectivity index is 2.09. The lowest BCUT2D eigenvalue weighted by molar-refractivity contribution is -0.127. The van der Waals surface area contributed by atoms with Crippen LogP contribution in [0.4, 0.5) is 0 Å². The molecule has 0 atom stereocenters.